The Labute approximate surface area is 139 Å². The summed E-state index contributed by atoms with van der Waals surface area (Å²) >= 11 is 0. The summed E-state index contributed by atoms with van der Waals surface area (Å²) in [6, 6.07) is 5.13. The standard InChI is InChI=1S/C19H29FN2O/c1-15-13-16(6-7-18(15)20)19(23)8-4-3-5-17(19)14-22-11-9-21(2)10-12-22/h6-7,13,17,23H,3-5,8-12,14H2,1-2H3. The Morgan fingerprint density at radius 2 is 1.96 bits per heavy atom. The second-order valence-corrected chi connectivity index (χ2v) is 7.43. The van der Waals surface area contributed by atoms with Crippen LogP contribution in [0.4, 0.5) is 4.39 Å². The van der Waals surface area contributed by atoms with Crippen LogP contribution in [0.3, 0.4) is 0 Å². The van der Waals surface area contributed by atoms with Gasteiger partial charge in [-0.1, -0.05) is 25.0 Å². The fourth-order valence-electron chi connectivity index (χ4n) is 4.11. The molecule has 4 heteroatoms. The number of rotatable bonds is 3. The topological polar surface area (TPSA) is 26.7 Å². The van der Waals surface area contributed by atoms with Crippen molar-refractivity contribution in [1.29, 1.82) is 0 Å². The van der Waals surface area contributed by atoms with Crippen molar-refractivity contribution >= 4 is 0 Å². The van der Waals surface area contributed by atoms with E-state index in [0.717, 1.165) is 57.5 Å². The van der Waals surface area contributed by atoms with Crippen LogP contribution in [0.2, 0.25) is 0 Å². The van der Waals surface area contributed by atoms with Crippen LogP contribution < -0.4 is 0 Å². The molecule has 128 valence electrons. The number of benzene rings is 1. The van der Waals surface area contributed by atoms with E-state index >= 15 is 0 Å². The number of aryl methyl sites for hydroxylation is 1. The maximum Gasteiger partial charge on any atom is 0.126 e. The zero-order valence-corrected chi connectivity index (χ0v) is 14.4. The maximum atomic E-state index is 13.6. The number of aliphatic hydroxyl groups is 1. The van der Waals surface area contributed by atoms with Gasteiger partial charge in [-0.25, -0.2) is 4.39 Å². The second-order valence-electron chi connectivity index (χ2n) is 7.43. The summed E-state index contributed by atoms with van der Waals surface area (Å²) in [6.07, 6.45) is 4.07. The Hall–Kier alpha value is -0.970. The van der Waals surface area contributed by atoms with Gasteiger partial charge in [0.2, 0.25) is 0 Å². The molecule has 1 aliphatic heterocycles. The van der Waals surface area contributed by atoms with Crippen molar-refractivity contribution in [2.75, 3.05) is 39.8 Å². The van der Waals surface area contributed by atoms with E-state index in [1.807, 2.05) is 6.07 Å². The summed E-state index contributed by atoms with van der Waals surface area (Å²) in [7, 11) is 2.16. The molecule has 0 radical (unpaired) electrons. The second kappa shape index (κ2) is 6.88. The van der Waals surface area contributed by atoms with Crippen molar-refractivity contribution in [2.45, 2.75) is 38.2 Å². The van der Waals surface area contributed by atoms with E-state index in [4.69, 9.17) is 0 Å². The molecule has 0 amide bonds. The van der Waals surface area contributed by atoms with Crippen molar-refractivity contribution in [3.8, 4) is 0 Å². The summed E-state index contributed by atoms with van der Waals surface area (Å²) in [5.74, 6) is 0.0493. The van der Waals surface area contributed by atoms with Gasteiger partial charge in [-0.05, 0) is 44.0 Å². The van der Waals surface area contributed by atoms with Gasteiger partial charge in [-0.3, -0.25) is 0 Å². The number of halogens is 1. The molecule has 1 saturated carbocycles. The van der Waals surface area contributed by atoms with E-state index in [1.54, 1.807) is 13.0 Å². The zero-order chi connectivity index (χ0) is 16.4. The third kappa shape index (κ3) is 3.59. The summed E-state index contributed by atoms with van der Waals surface area (Å²) in [5.41, 5.74) is 0.718. The lowest BCUT2D eigenvalue weighted by atomic mass is 9.71. The molecule has 0 bridgehead atoms. The predicted octanol–water partition coefficient (Wildman–Crippen LogP) is 2.76. The molecule has 1 N–H and O–H groups in total. The highest BCUT2D eigenvalue weighted by molar-refractivity contribution is 5.30. The highest BCUT2D eigenvalue weighted by Gasteiger charge is 2.41. The molecule has 1 aromatic carbocycles. The predicted molar refractivity (Wildman–Crippen MR) is 90.9 cm³/mol. The molecule has 3 rings (SSSR count). The molecule has 2 fully saturated rings. The summed E-state index contributed by atoms with van der Waals surface area (Å²) in [4.78, 5) is 4.84. The maximum absolute atomic E-state index is 13.6. The lowest BCUT2D eigenvalue weighted by Crippen LogP contribution is -2.50. The number of piperazine rings is 1. The van der Waals surface area contributed by atoms with Gasteiger partial charge in [0.15, 0.2) is 0 Å². The van der Waals surface area contributed by atoms with Gasteiger partial charge >= 0.3 is 0 Å². The van der Waals surface area contributed by atoms with Crippen LogP contribution in [0.25, 0.3) is 0 Å². The highest BCUT2D eigenvalue weighted by Crippen LogP contribution is 2.42. The van der Waals surface area contributed by atoms with E-state index in [9.17, 15) is 9.50 Å². The third-order valence-corrected chi connectivity index (χ3v) is 5.77. The largest absolute Gasteiger partial charge is 0.385 e. The van der Waals surface area contributed by atoms with Crippen molar-refractivity contribution in [3.63, 3.8) is 0 Å². The smallest absolute Gasteiger partial charge is 0.126 e. The average Bonchev–Trinajstić information content (AvgIpc) is 2.54. The molecule has 23 heavy (non-hydrogen) atoms. The van der Waals surface area contributed by atoms with Crippen LogP contribution in [0, 0.1) is 18.7 Å². The minimum Gasteiger partial charge on any atom is -0.385 e. The molecule has 1 saturated heterocycles. The van der Waals surface area contributed by atoms with Crippen molar-refractivity contribution in [3.05, 3.63) is 35.1 Å². The van der Waals surface area contributed by atoms with Gasteiger partial charge in [0.05, 0.1) is 5.60 Å². The fraction of sp³-hybridized carbons (Fsp3) is 0.684. The first-order valence-electron chi connectivity index (χ1n) is 8.89. The molecule has 1 aromatic rings. The van der Waals surface area contributed by atoms with E-state index in [0.29, 0.717) is 5.56 Å². The van der Waals surface area contributed by atoms with Crippen LogP contribution in [-0.2, 0) is 5.60 Å². The van der Waals surface area contributed by atoms with Gasteiger partial charge in [0, 0.05) is 38.6 Å². The minimum absolute atomic E-state index is 0.191. The molecule has 0 spiro atoms. The van der Waals surface area contributed by atoms with Gasteiger partial charge in [-0.15, -0.1) is 0 Å². The van der Waals surface area contributed by atoms with Crippen LogP contribution in [0.15, 0.2) is 18.2 Å². The minimum atomic E-state index is -0.805. The molecule has 2 unspecified atom stereocenters. The normalized spacial score (nSPS) is 30.5. The lowest BCUT2D eigenvalue weighted by Gasteiger charge is -2.44. The summed E-state index contributed by atoms with van der Waals surface area (Å²) < 4.78 is 13.6. The third-order valence-electron chi connectivity index (χ3n) is 5.77. The van der Waals surface area contributed by atoms with Crippen molar-refractivity contribution < 1.29 is 9.50 Å². The monoisotopic (exact) mass is 320 g/mol. The summed E-state index contributed by atoms with van der Waals surface area (Å²) in [6.45, 7) is 7.07. The molecule has 0 aromatic heterocycles. The van der Waals surface area contributed by atoms with E-state index in [2.05, 4.69) is 16.8 Å². The zero-order valence-electron chi connectivity index (χ0n) is 14.4. The molecular weight excluding hydrogens is 291 g/mol. The highest BCUT2D eigenvalue weighted by atomic mass is 19.1. The lowest BCUT2D eigenvalue weighted by molar-refractivity contribution is -0.0685. The quantitative estimate of drug-likeness (QED) is 0.928. The first-order chi connectivity index (χ1) is 11.0. The molecule has 2 atom stereocenters. The van der Waals surface area contributed by atoms with Crippen LogP contribution >= 0.6 is 0 Å². The van der Waals surface area contributed by atoms with Gasteiger partial charge in [0.25, 0.3) is 0 Å². The van der Waals surface area contributed by atoms with Crippen LogP contribution in [0.5, 0.6) is 0 Å². The molecular formula is C19H29FN2O. The SMILES string of the molecule is Cc1cc(C2(O)CCCCC2CN2CCN(C)CC2)ccc1F. The number of hydrogen-bond acceptors (Lipinski definition) is 3. The van der Waals surface area contributed by atoms with Gasteiger partial charge in [0.1, 0.15) is 5.82 Å². The number of likely N-dealkylation sites (N-methyl/N-ethyl adjacent to an activating group) is 1. The Morgan fingerprint density at radius 1 is 1.22 bits per heavy atom. The van der Waals surface area contributed by atoms with Crippen LogP contribution in [-0.4, -0.2) is 54.7 Å². The van der Waals surface area contributed by atoms with E-state index < -0.39 is 5.60 Å². The van der Waals surface area contributed by atoms with E-state index in [1.165, 1.54) is 12.5 Å². The fourth-order valence-corrected chi connectivity index (χ4v) is 4.11. The Bertz CT molecular complexity index is 542. The first kappa shape index (κ1) is 16.9. The molecule has 3 nitrogen and oxygen atoms in total. The first-order valence-corrected chi connectivity index (χ1v) is 8.89. The molecule has 1 aliphatic carbocycles. The average molecular weight is 320 g/mol. The van der Waals surface area contributed by atoms with Gasteiger partial charge in [-0.2, -0.15) is 0 Å². The number of nitrogens with zero attached hydrogens (tertiary/aromatic N) is 2. The van der Waals surface area contributed by atoms with E-state index in [-0.39, 0.29) is 11.7 Å². The molecule has 1 heterocycles. The van der Waals surface area contributed by atoms with Gasteiger partial charge < -0.3 is 14.9 Å². The van der Waals surface area contributed by atoms with Crippen molar-refractivity contribution in [2.24, 2.45) is 5.92 Å². The summed E-state index contributed by atoms with van der Waals surface area (Å²) in [5, 5.41) is 11.4. The number of hydrogen-bond donors (Lipinski definition) is 1. The Kier molecular flexibility index (Phi) is 5.04. The Balaban J connectivity index is 1.78. The Morgan fingerprint density at radius 3 is 2.65 bits per heavy atom. The molecule has 2 aliphatic rings. The van der Waals surface area contributed by atoms with Crippen LogP contribution in [0.1, 0.15) is 36.8 Å². The van der Waals surface area contributed by atoms with Crippen molar-refractivity contribution in [1.82, 2.24) is 9.80 Å².